The van der Waals surface area contributed by atoms with Gasteiger partial charge in [0.2, 0.25) is 0 Å². The Morgan fingerprint density at radius 2 is 2.39 bits per heavy atom. The van der Waals surface area contributed by atoms with Gasteiger partial charge in [0.05, 0.1) is 6.54 Å². The Morgan fingerprint density at radius 1 is 1.50 bits per heavy atom. The molecule has 2 saturated heterocycles. The minimum atomic E-state index is -0.337. The third-order valence-corrected chi connectivity index (χ3v) is 3.63. The zero-order valence-corrected chi connectivity index (χ0v) is 10.2. The van der Waals surface area contributed by atoms with Gasteiger partial charge in [0.15, 0.2) is 0 Å². The lowest BCUT2D eigenvalue weighted by Crippen LogP contribution is -2.36. The molecule has 1 amide bonds. The largest absolute Gasteiger partial charge is 0.439 e. The van der Waals surface area contributed by atoms with Crippen molar-refractivity contribution in [2.75, 3.05) is 24.5 Å². The van der Waals surface area contributed by atoms with E-state index < -0.39 is 0 Å². The van der Waals surface area contributed by atoms with Crippen LogP contribution in [0.3, 0.4) is 0 Å². The normalized spacial score (nSPS) is 26.9. The fourth-order valence-electron chi connectivity index (χ4n) is 2.62. The highest BCUT2D eigenvalue weighted by atomic mass is 16.6. The number of nitrogens with two attached hydrogens (primary N) is 1. The summed E-state index contributed by atoms with van der Waals surface area (Å²) < 4.78 is 5.54. The lowest BCUT2D eigenvalue weighted by atomic mass is 10.0. The fraction of sp³-hybridized carbons (Fsp3) is 0.462. The number of carbonyl (C=O) groups is 1. The maximum absolute atomic E-state index is 12.0. The number of nitrogens with one attached hydrogen (secondary N) is 1. The van der Waals surface area contributed by atoms with Gasteiger partial charge in [-0.3, -0.25) is 4.90 Å². The number of hydrogen-bond donors (Lipinski definition) is 2. The predicted octanol–water partition coefficient (Wildman–Crippen LogP) is 0.834. The minimum Gasteiger partial charge on any atom is -0.439 e. The average Bonchev–Trinajstić information content (AvgIpc) is 2.97. The van der Waals surface area contributed by atoms with Gasteiger partial charge in [0, 0.05) is 25.2 Å². The van der Waals surface area contributed by atoms with Crippen molar-refractivity contribution >= 4 is 11.8 Å². The van der Waals surface area contributed by atoms with Gasteiger partial charge in [-0.25, -0.2) is 4.79 Å². The molecule has 1 spiro atoms. The molecule has 0 bridgehead atoms. The van der Waals surface area contributed by atoms with Gasteiger partial charge in [-0.2, -0.15) is 0 Å². The first kappa shape index (κ1) is 11.5. The maximum Gasteiger partial charge on any atom is 0.415 e. The van der Waals surface area contributed by atoms with Crippen LogP contribution in [-0.2, 0) is 11.3 Å². The SMILES string of the molecule is NCc1cccc(N2CC3(CCNC3)OC2=O)c1. The van der Waals surface area contributed by atoms with E-state index in [2.05, 4.69) is 5.32 Å². The van der Waals surface area contributed by atoms with E-state index in [1.54, 1.807) is 4.90 Å². The molecule has 3 rings (SSSR count). The minimum absolute atomic E-state index is 0.257. The highest BCUT2D eigenvalue weighted by Gasteiger charge is 2.47. The van der Waals surface area contributed by atoms with Crippen LogP contribution in [-0.4, -0.2) is 31.3 Å². The molecule has 2 aliphatic rings. The van der Waals surface area contributed by atoms with Gasteiger partial charge in [0.25, 0.3) is 0 Å². The van der Waals surface area contributed by atoms with Crippen molar-refractivity contribution in [2.45, 2.75) is 18.6 Å². The second-order valence-electron chi connectivity index (χ2n) is 4.94. The number of rotatable bonds is 2. The summed E-state index contributed by atoms with van der Waals surface area (Å²) in [4.78, 5) is 13.7. The number of carbonyl (C=O) groups excluding carboxylic acids is 1. The first-order valence-corrected chi connectivity index (χ1v) is 6.23. The molecule has 0 aliphatic carbocycles. The first-order chi connectivity index (χ1) is 8.72. The van der Waals surface area contributed by atoms with Crippen molar-refractivity contribution in [2.24, 2.45) is 5.73 Å². The Kier molecular flexibility index (Phi) is 2.72. The van der Waals surface area contributed by atoms with E-state index in [0.717, 1.165) is 30.8 Å². The van der Waals surface area contributed by atoms with Crippen LogP contribution in [0.1, 0.15) is 12.0 Å². The zero-order chi connectivity index (χ0) is 12.6. The summed E-state index contributed by atoms with van der Waals surface area (Å²) in [6.45, 7) is 2.74. The number of nitrogens with zero attached hydrogens (tertiary/aromatic N) is 1. The van der Waals surface area contributed by atoms with Crippen molar-refractivity contribution in [3.05, 3.63) is 29.8 Å². The topological polar surface area (TPSA) is 67.6 Å². The van der Waals surface area contributed by atoms with Gasteiger partial charge in [-0.15, -0.1) is 0 Å². The van der Waals surface area contributed by atoms with Crippen molar-refractivity contribution in [3.63, 3.8) is 0 Å². The lowest BCUT2D eigenvalue weighted by molar-refractivity contribution is 0.0733. The molecule has 2 aliphatic heterocycles. The first-order valence-electron chi connectivity index (χ1n) is 6.23. The third-order valence-electron chi connectivity index (χ3n) is 3.63. The van der Waals surface area contributed by atoms with E-state index >= 15 is 0 Å². The van der Waals surface area contributed by atoms with Gasteiger partial charge in [-0.1, -0.05) is 12.1 Å². The van der Waals surface area contributed by atoms with Crippen LogP contribution >= 0.6 is 0 Å². The van der Waals surface area contributed by atoms with E-state index in [9.17, 15) is 4.79 Å². The smallest absolute Gasteiger partial charge is 0.415 e. The van der Waals surface area contributed by atoms with Crippen LogP contribution in [0.5, 0.6) is 0 Å². The molecule has 0 aromatic heterocycles. The quantitative estimate of drug-likeness (QED) is 0.812. The fourth-order valence-corrected chi connectivity index (χ4v) is 2.62. The van der Waals surface area contributed by atoms with Crippen LogP contribution in [0.15, 0.2) is 24.3 Å². The molecule has 1 aromatic rings. The van der Waals surface area contributed by atoms with Gasteiger partial charge in [-0.05, 0) is 24.2 Å². The highest BCUT2D eigenvalue weighted by molar-refractivity contribution is 5.90. The molecule has 5 nitrogen and oxygen atoms in total. The monoisotopic (exact) mass is 247 g/mol. The number of hydrogen-bond acceptors (Lipinski definition) is 4. The van der Waals surface area contributed by atoms with Crippen LogP contribution in [0.4, 0.5) is 10.5 Å². The number of benzene rings is 1. The lowest BCUT2D eigenvalue weighted by Gasteiger charge is -2.19. The second kappa shape index (κ2) is 4.26. The average molecular weight is 247 g/mol. The van der Waals surface area contributed by atoms with Crippen LogP contribution in [0.2, 0.25) is 0 Å². The molecule has 1 unspecified atom stereocenters. The summed E-state index contributed by atoms with van der Waals surface area (Å²) in [6.07, 6.45) is 0.624. The highest BCUT2D eigenvalue weighted by Crippen LogP contribution is 2.32. The number of ether oxygens (including phenoxy) is 1. The van der Waals surface area contributed by atoms with E-state index in [1.807, 2.05) is 24.3 Å². The summed E-state index contributed by atoms with van der Waals surface area (Å²) in [5.74, 6) is 0. The molecule has 1 atom stereocenters. The molecule has 5 heteroatoms. The van der Waals surface area contributed by atoms with Crippen LogP contribution in [0.25, 0.3) is 0 Å². The summed E-state index contributed by atoms with van der Waals surface area (Å²) in [5.41, 5.74) is 7.17. The maximum atomic E-state index is 12.0. The van der Waals surface area contributed by atoms with Crippen LogP contribution in [0, 0.1) is 0 Å². The third kappa shape index (κ3) is 1.85. The van der Waals surface area contributed by atoms with Crippen molar-refractivity contribution in [1.82, 2.24) is 5.32 Å². The van der Waals surface area contributed by atoms with Gasteiger partial charge < -0.3 is 15.8 Å². The molecule has 0 radical (unpaired) electrons. The van der Waals surface area contributed by atoms with Gasteiger partial charge in [0.1, 0.15) is 5.60 Å². The Labute approximate surface area is 106 Å². The molecular weight excluding hydrogens is 230 g/mol. The molecule has 2 fully saturated rings. The second-order valence-corrected chi connectivity index (χ2v) is 4.94. The van der Waals surface area contributed by atoms with Crippen molar-refractivity contribution in [3.8, 4) is 0 Å². The summed E-state index contributed by atoms with van der Waals surface area (Å²) >= 11 is 0. The zero-order valence-electron chi connectivity index (χ0n) is 10.2. The number of anilines is 1. The molecule has 2 heterocycles. The van der Waals surface area contributed by atoms with Crippen LogP contribution < -0.4 is 16.0 Å². The molecule has 0 saturated carbocycles. The van der Waals surface area contributed by atoms with E-state index in [4.69, 9.17) is 10.5 Å². The molecular formula is C13H17N3O2. The Morgan fingerprint density at radius 3 is 3.11 bits per heavy atom. The summed E-state index contributed by atoms with van der Waals surface area (Å²) in [7, 11) is 0. The van der Waals surface area contributed by atoms with E-state index in [1.165, 1.54) is 0 Å². The standard InChI is InChI=1S/C13H17N3O2/c14-7-10-2-1-3-11(6-10)16-9-13(18-12(16)17)4-5-15-8-13/h1-3,6,15H,4-5,7-9,14H2. The molecule has 96 valence electrons. The predicted molar refractivity (Wildman–Crippen MR) is 68.4 cm³/mol. The number of amides is 1. The molecule has 3 N–H and O–H groups in total. The molecule has 18 heavy (non-hydrogen) atoms. The Bertz CT molecular complexity index is 469. The van der Waals surface area contributed by atoms with E-state index in [-0.39, 0.29) is 11.7 Å². The van der Waals surface area contributed by atoms with Crippen molar-refractivity contribution in [1.29, 1.82) is 0 Å². The summed E-state index contributed by atoms with van der Waals surface area (Å²) in [6, 6.07) is 7.74. The van der Waals surface area contributed by atoms with E-state index in [0.29, 0.717) is 13.1 Å². The Balaban J connectivity index is 1.86. The van der Waals surface area contributed by atoms with Crippen molar-refractivity contribution < 1.29 is 9.53 Å². The van der Waals surface area contributed by atoms with Gasteiger partial charge >= 0.3 is 6.09 Å². The summed E-state index contributed by atoms with van der Waals surface area (Å²) in [5, 5.41) is 3.25. The molecule has 1 aromatic carbocycles. The Hall–Kier alpha value is -1.59.